The van der Waals surface area contributed by atoms with Gasteiger partial charge in [-0.15, -0.1) is 10.2 Å². The summed E-state index contributed by atoms with van der Waals surface area (Å²) in [7, 11) is 1.58. The van der Waals surface area contributed by atoms with Gasteiger partial charge in [0, 0.05) is 12.5 Å². The Bertz CT molecular complexity index is 810. The van der Waals surface area contributed by atoms with E-state index in [1.807, 2.05) is 12.1 Å². The van der Waals surface area contributed by atoms with Gasteiger partial charge in [-0.3, -0.25) is 9.59 Å². The molecule has 0 N–H and O–H groups in total. The molecule has 1 aromatic heterocycles. The highest BCUT2D eigenvalue weighted by Gasteiger charge is 2.32. The Morgan fingerprint density at radius 1 is 1.17 bits per heavy atom. The summed E-state index contributed by atoms with van der Waals surface area (Å²) in [6, 6.07) is 7.18. The van der Waals surface area contributed by atoms with Crippen LogP contribution in [-0.4, -0.2) is 33.7 Å². The largest absolute Gasteiger partial charge is 0.497 e. The first-order valence-corrected chi connectivity index (χ1v) is 7.63. The Kier molecular flexibility index (Phi) is 3.91. The van der Waals surface area contributed by atoms with Crippen molar-refractivity contribution in [1.82, 2.24) is 14.9 Å². The Labute approximate surface area is 136 Å². The minimum absolute atomic E-state index is 0.138. The molecule has 0 fully saturated rings. The van der Waals surface area contributed by atoms with Crippen molar-refractivity contribution in [1.29, 1.82) is 0 Å². The fraction of sp³-hybridized carbons (Fsp3) is 0.200. The molecule has 1 aromatic carbocycles. The van der Waals surface area contributed by atoms with E-state index in [2.05, 4.69) is 10.2 Å². The molecule has 7 nitrogen and oxygen atoms in total. The molecule has 0 bridgehead atoms. The fourth-order valence-corrected chi connectivity index (χ4v) is 3.25. The highest BCUT2D eigenvalue weighted by Crippen LogP contribution is 2.39. The molecule has 2 aromatic rings. The molecule has 23 heavy (non-hydrogen) atoms. The number of benzene rings is 1. The summed E-state index contributed by atoms with van der Waals surface area (Å²) in [6.07, 6.45) is 1.45. The molecule has 0 unspecified atom stereocenters. The zero-order valence-electron chi connectivity index (χ0n) is 12.8. The SMILES string of the molecule is COc1ccc(C2=C(C(C)=O)Sc3nncn3N2C(C)=O)cc1. The van der Waals surface area contributed by atoms with Crippen LogP contribution in [0.5, 0.6) is 5.75 Å². The number of fused-ring (bicyclic) bond motifs is 1. The predicted octanol–water partition coefficient (Wildman–Crippen LogP) is 1.83. The van der Waals surface area contributed by atoms with Gasteiger partial charge in [0.2, 0.25) is 11.1 Å². The summed E-state index contributed by atoms with van der Waals surface area (Å²) in [5.41, 5.74) is 1.25. The number of allylic oxidation sites excluding steroid dienone is 1. The molecule has 0 saturated heterocycles. The highest BCUT2D eigenvalue weighted by atomic mass is 32.2. The number of nitrogens with zero attached hydrogens (tertiary/aromatic N) is 4. The van der Waals surface area contributed by atoms with Gasteiger partial charge in [-0.25, -0.2) is 9.69 Å². The summed E-state index contributed by atoms with van der Waals surface area (Å²) in [6.45, 7) is 2.90. The van der Waals surface area contributed by atoms with E-state index in [0.29, 0.717) is 21.5 Å². The maximum Gasteiger partial charge on any atom is 0.243 e. The van der Waals surface area contributed by atoms with E-state index >= 15 is 0 Å². The van der Waals surface area contributed by atoms with E-state index in [1.54, 1.807) is 23.9 Å². The number of carbonyl (C=O) groups excluding carboxylic acids is 2. The summed E-state index contributed by atoms with van der Waals surface area (Å²) < 4.78 is 6.70. The van der Waals surface area contributed by atoms with Gasteiger partial charge in [0.1, 0.15) is 12.1 Å². The van der Waals surface area contributed by atoms with E-state index in [1.165, 1.54) is 36.9 Å². The van der Waals surface area contributed by atoms with E-state index in [4.69, 9.17) is 4.74 Å². The van der Waals surface area contributed by atoms with Crippen LogP contribution in [0.3, 0.4) is 0 Å². The molecule has 118 valence electrons. The molecule has 1 amide bonds. The fourth-order valence-electron chi connectivity index (χ4n) is 2.32. The Hall–Kier alpha value is -2.61. The number of Topliss-reactive ketones (excluding diaryl/α,β-unsaturated/α-hetero) is 1. The lowest BCUT2D eigenvalue weighted by atomic mass is 10.1. The van der Waals surface area contributed by atoms with Crippen LogP contribution < -0.4 is 9.75 Å². The quantitative estimate of drug-likeness (QED) is 0.854. The van der Waals surface area contributed by atoms with Crippen molar-refractivity contribution in [2.45, 2.75) is 19.0 Å². The van der Waals surface area contributed by atoms with Gasteiger partial charge >= 0.3 is 0 Å². The van der Waals surface area contributed by atoms with Crippen LogP contribution in [0.1, 0.15) is 19.4 Å². The monoisotopic (exact) mass is 330 g/mol. The topological polar surface area (TPSA) is 77.3 Å². The molecular formula is C15H14N4O3S. The van der Waals surface area contributed by atoms with Crippen LogP contribution in [0, 0.1) is 0 Å². The number of aromatic nitrogens is 3. The molecule has 0 atom stereocenters. The lowest BCUT2D eigenvalue weighted by Crippen LogP contribution is -2.40. The highest BCUT2D eigenvalue weighted by molar-refractivity contribution is 8.04. The van der Waals surface area contributed by atoms with E-state index < -0.39 is 0 Å². The van der Waals surface area contributed by atoms with Crippen LogP contribution in [-0.2, 0) is 9.59 Å². The minimum Gasteiger partial charge on any atom is -0.497 e. The Morgan fingerprint density at radius 2 is 1.87 bits per heavy atom. The van der Waals surface area contributed by atoms with Crippen LogP contribution in [0.4, 0.5) is 0 Å². The zero-order chi connectivity index (χ0) is 16.6. The maximum absolute atomic E-state index is 12.2. The van der Waals surface area contributed by atoms with Crippen molar-refractivity contribution in [3.05, 3.63) is 41.1 Å². The van der Waals surface area contributed by atoms with Crippen molar-refractivity contribution in [2.24, 2.45) is 0 Å². The first-order valence-electron chi connectivity index (χ1n) is 6.81. The Balaban J connectivity index is 2.21. The Morgan fingerprint density at radius 3 is 2.43 bits per heavy atom. The molecule has 3 rings (SSSR count). The number of hydrogen-bond donors (Lipinski definition) is 0. The van der Waals surface area contributed by atoms with Gasteiger partial charge in [0.05, 0.1) is 17.7 Å². The molecule has 1 aliphatic heterocycles. The number of ketones is 1. The molecule has 8 heteroatoms. The number of hydrogen-bond acceptors (Lipinski definition) is 6. The van der Waals surface area contributed by atoms with Gasteiger partial charge in [0.25, 0.3) is 0 Å². The number of rotatable bonds is 3. The number of methoxy groups -OCH3 is 1. The summed E-state index contributed by atoms with van der Waals surface area (Å²) in [5.74, 6) is 0.318. The van der Waals surface area contributed by atoms with Gasteiger partial charge in [-0.05, 0) is 43.0 Å². The summed E-state index contributed by atoms with van der Waals surface area (Å²) >= 11 is 1.20. The van der Waals surface area contributed by atoms with Crippen molar-refractivity contribution in [3.8, 4) is 5.75 Å². The van der Waals surface area contributed by atoms with Crippen molar-refractivity contribution >= 4 is 29.1 Å². The third kappa shape index (κ3) is 2.61. The number of carbonyl (C=O) groups is 2. The molecule has 2 heterocycles. The van der Waals surface area contributed by atoms with Crippen molar-refractivity contribution < 1.29 is 14.3 Å². The average Bonchev–Trinajstić information content (AvgIpc) is 3.00. The molecule has 0 saturated carbocycles. The number of amides is 1. The van der Waals surface area contributed by atoms with Crippen molar-refractivity contribution in [3.63, 3.8) is 0 Å². The van der Waals surface area contributed by atoms with Crippen LogP contribution in [0.2, 0.25) is 0 Å². The number of thioether (sulfide) groups is 1. The second kappa shape index (κ2) is 5.88. The van der Waals surface area contributed by atoms with Gasteiger partial charge in [-0.2, -0.15) is 0 Å². The van der Waals surface area contributed by atoms with Gasteiger partial charge < -0.3 is 4.74 Å². The first-order chi connectivity index (χ1) is 11.0. The lowest BCUT2D eigenvalue weighted by molar-refractivity contribution is -0.117. The zero-order valence-corrected chi connectivity index (χ0v) is 13.6. The van der Waals surface area contributed by atoms with Gasteiger partial charge in [-0.1, -0.05) is 0 Å². The van der Waals surface area contributed by atoms with Crippen LogP contribution >= 0.6 is 11.8 Å². The molecule has 0 radical (unpaired) electrons. The van der Waals surface area contributed by atoms with E-state index in [9.17, 15) is 9.59 Å². The molecular weight excluding hydrogens is 316 g/mol. The molecule has 1 aliphatic rings. The summed E-state index contributed by atoms with van der Waals surface area (Å²) in [4.78, 5) is 24.8. The molecule has 0 aliphatic carbocycles. The third-order valence-electron chi connectivity index (χ3n) is 3.32. The smallest absolute Gasteiger partial charge is 0.243 e. The van der Waals surface area contributed by atoms with Crippen LogP contribution in [0.25, 0.3) is 5.70 Å². The average molecular weight is 330 g/mol. The first kappa shape index (κ1) is 15.3. The van der Waals surface area contributed by atoms with Crippen molar-refractivity contribution in [2.75, 3.05) is 12.1 Å². The minimum atomic E-state index is -0.240. The second-order valence-electron chi connectivity index (χ2n) is 4.85. The normalized spacial score (nSPS) is 13.8. The lowest BCUT2D eigenvalue weighted by Gasteiger charge is -2.31. The predicted molar refractivity (Wildman–Crippen MR) is 85.4 cm³/mol. The van der Waals surface area contributed by atoms with Crippen LogP contribution in [0.15, 0.2) is 40.7 Å². The second-order valence-corrected chi connectivity index (χ2v) is 5.83. The maximum atomic E-state index is 12.2. The standard InChI is InChI=1S/C15H14N4O3S/c1-9(20)14-13(11-4-6-12(22-3)7-5-11)19(10(2)21)18-8-16-17-15(18)23-14/h4-8H,1-3H3. The summed E-state index contributed by atoms with van der Waals surface area (Å²) in [5, 5.41) is 9.66. The number of ether oxygens (including phenoxy) is 1. The molecule has 0 spiro atoms. The van der Waals surface area contributed by atoms with E-state index in [0.717, 1.165) is 5.56 Å². The van der Waals surface area contributed by atoms with Gasteiger partial charge in [0.15, 0.2) is 5.78 Å². The third-order valence-corrected chi connectivity index (χ3v) is 4.45. The van der Waals surface area contributed by atoms with E-state index in [-0.39, 0.29) is 11.7 Å².